The van der Waals surface area contributed by atoms with Crippen molar-refractivity contribution < 1.29 is 4.79 Å². The predicted octanol–water partition coefficient (Wildman–Crippen LogP) is 2.86. The van der Waals surface area contributed by atoms with Gasteiger partial charge in [0.15, 0.2) is 16.2 Å². The number of aromatic amines is 1. The van der Waals surface area contributed by atoms with Crippen LogP contribution in [0.1, 0.15) is 28.6 Å². The smallest absolute Gasteiger partial charge is 0.261 e. The largest absolute Gasteiger partial charge is 0.342 e. The van der Waals surface area contributed by atoms with Crippen molar-refractivity contribution in [3.05, 3.63) is 69.1 Å². The van der Waals surface area contributed by atoms with Crippen molar-refractivity contribution >= 4 is 46.4 Å². The molecule has 10 heteroatoms. The van der Waals surface area contributed by atoms with Crippen molar-refractivity contribution in [2.75, 3.05) is 12.0 Å². The number of amides is 1. The summed E-state index contributed by atoms with van der Waals surface area (Å²) in [4.78, 5) is 28.4. The second kappa shape index (κ2) is 8.41. The summed E-state index contributed by atoms with van der Waals surface area (Å²) in [6, 6.07) is 10.3. The number of pyridine rings is 1. The Hall–Kier alpha value is -2.98. The van der Waals surface area contributed by atoms with E-state index in [2.05, 4.69) is 20.5 Å². The predicted molar refractivity (Wildman–Crippen MR) is 121 cm³/mol. The van der Waals surface area contributed by atoms with Crippen LogP contribution in [0.15, 0.2) is 47.4 Å². The molecule has 3 aromatic heterocycles. The maximum atomic E-state index is 13.0. The molecule has 4 rings (SSSR count). The lowest BCUT2D eigenvalue weighted by molar-refractivity contribution is 0.0934. The molecule has 0 saturated heterocycles. The molecular formula is C20H20N6O2S2. The van der Waals surface area contributed by atoms with Crippen LogP contribution in [0, 0.1) is 4.77 Å². The number of carbonyl (C=O) groups excluding carboxylic acids is 1. The summed E-state index contributed by atoms with van der Waals surface area (Å²) < 4.78 is 3.55. The average molecular weight is 441 g/mol. The van der Waals surface area contributed by atoms with Gasteiger partial charge in [-0.25, -0.2) is 0 Å². The molecule has 0 aliphatic rings. The number of rotatable bonds is 6. The molecular weight excluding hydrogens is 420 g/mol. The Kier molecular flexibility index (Phi) is 5.69. The van der Waals surface area contributed by atoms with E-state index < -0.39 is 0 Å². The van der Waals surface area contributed by atoms with E-state index in [4.69, 9.17) is 12.2 Å². The molecule has 1 aromatic carbocycles. The van der Waals surface area contributed by atoms with E-state index in [0.29, 0.717) is 33.5 Å². The number of thioether (sulfide) groups is 1. The van der Waals surface area contributed by atoms with Crippen molar-refractivity contribution in [3.8, 4) is 0 Å². The first-order valence-corrected chi connectivity index (χ1v) is 11.1. The van der Waals surface area contributed by atoms with Crippen LogP contribution in [0.5, 0.6) is 0 Å². The zero-order valence-corrected chi connectivity index (χ0v) is 18.1. The van der Waals surface area contributed by atoms with Gasteiger partial charge in [-0.05, 0) is 61.0 Å². The number of aromatic nitrogens is 5. The van der Waals surface area contributed by atoms with Crippen molar-refractivity contribution in [1.29, 1.82) is 0 Å². The topological polar surface area (TPSA) is 97.1 Å². The Morgan fingerprint density at radius 2 is 2.13 bits per heavy atom. The van der Waals surface area contributed by atoms with Gasteiger partial charge in [0, 0.05) is 18.8 Å². The third kappa shape index (κ3) is 3.75. The minimum Gasteiger partial charge on any atom is -0.342 e. The lowest BCUT2D eigenvalue weighted by atomic mass is 10.1. The maximum absolute atomic E-state index is 13.0. The van der Waals surface area contributed by atoms with Gasteiger partial charge < -0.3 is 10.3 Å². The molecule has 0 fully saturated rings. The van der Waals surface area contributed by atoms with Crippen LogP contribution < -0.4 is 10.9 Å². The lowest BCUT2D eigenvalue weighted by Gasteiger charge is -2.17. The van der Waals surface area contributed by atoms with Gasteiger partial charge in [0.25, 0.3) is 11.5 Å². The molecule has 1 unspecified atom stereocenters. The summed E-state index contributed by atoms with van der Waals surface area (Å²) in [5.74, 6) is 1.28. The minimum absolute atomic E-state index is 0.200. The normalized spacial score (nSPS) is 12.3. The molecule has 0 bridgehead atoms. The van der Waals surface area contributed by atoms with Crippen molar-refractivity contribution in [2.24, 2.45) is 7.05 Å². The van der Waals surface area contributed by atoms with Crippen LogP contribution in [0.25, 0.3) is 16.6 Å². The molecule has 1 atom stereocenters. The second-order valence-electron chi connectivity index (χ2n) is 6.85. The zero-order valence-electron chi connectivity index (χ0n) is 16.5. The van der Waals surface area contributed by atoms with Gasteiger partial charge in [-0.15, -0.1) is 10.2 Å². The second-order valence-corrected chi connectivity index (χ2v) is 8.22. The first kappa shape index (κ1) is 20.3. The molecule has 0 aliphatic carbocycles. The van der Waals surface area contributed by atoms with Gasteiger partial charge in [0.05, 0.1) is 16.9 Å². The fraction of sp³-hybridized carbons (Fsp3) is 0.250. The fourth-order valence-corrected chi connectivity index (χ4v) is 3.95. The van der Waals surface area contributed by atoms with E-state index in [1.54, 1.807) is 37.0 Å². The highest BCUT2D eigenvalue weighted by molar-refractivity contribution is 7.98. The lowest BCUT2D eigenvalue weighted by Crippen LogP contribution is -2.30. The average Bonchev–Trinajstić information content (AvgIpc) is 3.18. The zero-order chi connectivity index (χ0) is 21.3. The molecule has 30 heavy (non-hydrogen) atoms. The van der Waals surface area contributed by atoms with Crippen LogP contribution in [0.2, 0.25) is 0 Å². The number of fused-ring (bicyclic) bond motifs is 2. The molecule has 154 valence electrons. The summed E-state index contributed by atoms with van der Waals surface area (Å²) in [6.07, 6.45) is 4.61. The quantitative estimate of drug-likeness (QED) is 0.448. The maximum Gasteiger partial charge on any atom is 0.261 e. The number of hydrogen-bond acceptors (Lipinski definition) is 6. The van der Waals surface area contributed by atoms with Gasteiger partial charge in [0.1, 0.15) is 0 Å². The van der Waals surface area contributed by atoms with E-state index in [9.17, 15) is 9.59 Å². The van der Waals surface area contributed by atoms with Crippen LogP contribution in [0.3, 0.4) is 0 Å². The van der Waals surface area contributed by atoms with E-state index in [1.807, 2.05) is 35.1 Å². The molecule has 0 spiro atoms. The van der Waals surface area contributed by atoms with Crippen molar-refractivity contribution in [1.82, 2.24) is 29.5 Å². The van der Waals surface area contributed by atoms with Crippen LogP contribution in [0.4, 0.5) is 0 Å². The third-order valence-corrected chi connectivity index (χ3v) is 5.95. The highest BCUT2D eigenvalue weighted by Crippen LogP contribution is 2.19. The standard InChI is InChI=1S/C20H20N6O2S2/c1-25-19(28)13-7-6-12(11-15(13)22-20(25)29)18(27)21-14(8-10-30-2)17-24-23-16-5-3-4-9-26(16)17/h3-7,9,11,14H,8,10H2,1-2H3,(H,21,27)(H,22,29). The Morgan fingerprint density at radius 1 is 1.30 bits per heavy atom. The molecule has 0 aliphatic heterocycles. The Morgan fingerprint density at radius 3 is 2.93 bits per heavy atom. The van der Waals surface area contributed by atoms with E-state index in [-0.39, 0.29) is 17.5 Å². The number of carbonyl (C=O) groups is 1. The third-order valence-electron chi connectivity index (χ3n) is 4.93. The highest BCUT2D eigenvalue weighted by Gasteiger charge is 2.21. The summed E-state index contributed by atoms with van der Waals surface area (Å²) >= 11 is 6.88. The van der Waals surface area contributed by atoms with Gasteiger partial charge in [-0.2, -0.15) is 11.8 Å². The van der Waals surface area contributed by atoms with Crippen molar-refractivity contribution in [2.45, 2.75) is 12.5 Å². The number of nitrogens with one attached hydrogen (secondary N) is 2. The van der Waals surface area contributed by atoms with Gasteiger partial charge in [-0.3, -0.25) is 18.6 Å². The van der Waals surface area contributed by atoms with Gasteiger partial charge in [0.2, 0.25) is 0 Å². The molecule has 3 heterocycles. The minimum atomic E-state index is -0.305. The SMILES string of the molecule is CSCCC(NC(=O)c1ccc2c(=O)n(C)c(=S)[nH]c2c1)c1nnc2ccccn12. The Balaban J connectivity index is 1.68. The molecule has 2 N–H and O–H groups in total. The van der Waals surface area contributed by atoms with E-state index in [0.717, 1.165) is 11.4 Å². The van der Waals surface area contributed by atoms with Crippen LogP contribution in [-0.4, -0.2) is 42.1 Å². The number of hydrogen-bond donors (Lipinski definition) is 2. The van der Waals surface area contributed by atoms with Gasteiger partial charge in [-0.1, -0.05) is 6.07 Å². The van der Waals surface area contributed by atoms with Crippen LogP contribution in [-0.2, 0) is 7.05 Å². The summed E-state index contributed by atoms with van der Waals surface area (Å²) in [6.45, 7) is 0. The molecule has 4 aromatic rings. The number of benzene rings is 1. The monoisotopic (exact) mass is 440 g/mol. The molecule has 0 radical (unpaired) electrons. The Bertz CT molecular complexity index is 1360. The van der Waals surface area contributed by atoms with E-state index >= 15 is 0 Å². The van der Waals surface area contributed by atoms with Crippen LogP contribution >= 0.6 is 24.0 Å². The molecule has 1 amide bonds. The highest BCUT2D eigenvalue weighted by atomic mass is 32.2. The first-order chi connectivity index (χ1) is 14.5. The Labute approximate surface area is 181 Å². The molecule has 8 nitrogen and oxygen atoms in total. The van der Waals surface area contributed by atoms with Crippen molar-refractivity contribution in [3.63, 3.8) is 0 Å². The summed E-state index contributed by atoms with van der Waals surface area (Å²) in [5.41, 5.74) is 1.49. The van der Waals surface area contributed by atoms with E-state index in [1.165, 1.54) is 4.57 Å². The number of H-pyrrole nitrogens is 1. The first-order valence-electron chi connectivity index (χ1n) is 9.32. The van der Waals surface area contributed by atoms with Gasteiger partial charge >= 0.3 is 0 Å². The number of nitrogens with zero attached hydrogens (tertiary/aromatic N) is 4. The molecule has 0 saturated carbocycles. The fourth-order valence-electron chi connectivity index (χ4n) is 3.29. The summed E-state index contributed by atoms with van der Waals surface area (Å²) in [5, 5.41) is 12.0. The summed E-state index contributed by atoms with van der Waals surface area (Å²) in [7, 11) is 1.61.